The summed E-state index contributed by atoms with van der Waals surface area (Å²) in [7, 11) is 0. The second-order valence-corrected chi connectivity index (χ2v) is 11.3. The Kier molecular flexibility index (Phi) is 8.93. The van der Waals surface area contributed by atoms with Crippen LogP contribution in [0.5, 0.6) is 0 Å². The van der Waals surface area contributed by atoms with Gasteiger partial charge in [0.25, 0.3) is 11.5 Å². The van der Waals surface area contributed by atoms with E-state index in [4.69, 9.17) is 17.0 Å². The molecule has 1 amide bonds. The summed E-state index contributed by atoms with van der Waals surface area (Å²) in [6, 6.07) is 10.0. The van der Waals surface area contributed by atoms with E-state index in [1.165, 1.54) is 11.8 Å². The molecule has 1 aromatic carbocycles. The molecule has 4 rings (SSSR count). The van der Waals surface area contributed by atoms with E-state index in [0.717, 1.165) is 11.1 Å². The average molecular weight is 565 g/mol. The van der Waals surface area contributed by atoms with Crippen LogP contribution in [0.4, 0.5) is 5.82 Å². The lowest BCUT2D eigenvalue weighted by atomic mass is 9.95. The fourth-order valence-corrected chi connectivity index (χ4v) is 6.25. The number of nitrogens with zero attached hydrogens (tertiary/aromatic N) is 4. The first kappa shape index (κ1) is 28.6. The lowest BCUT2D eigenvalue weighted by Gasteiger charge is -2.35. The van der Waals surface area contributed by atoms with Crippen LogP contribution in [0.1, 0.15) is 54.5 Å². The second kappa shape index (κ2) is 12.2. The Labute approximate surface area is 238 Å². The van der Waals surface area contributed by atoms with Gasteiger partial charge in [0.1, 0.15) is 21.8 Å². The van der Waals surface area contributed by atoms with Crippen molar-refractivity contribution in [3.05, 3.63) is 67.3 Å². The van der Waals surface area contributed by atoms with Gasteiger partial charge in [-0.3, -0.25) is 23.9 Å². The fraction of sp³-hybridized carbons (Fsp3) is 0.414. The number of aryl methyl sites for hydroxylation is 1. The van der Waals surface area contributed by atoms with E-state index in [0.29, 0.717) is 71.8 Å². The molecular formula is C29H32N4O4S2. The Hall–Kier alpha value is -3.42. The number of anilines is 1. The summed E-state index contributed by atoms with van der Waals surface area (Å²) in [5.41, 5.74) is 2.99. The van der Waals surface area contributed by atoms with E-state index in [9.17, 15) is 19.6 Å². The Balaban J connectivity index is 1.73. The van der Waals surface area contributed by atoms with E-state index in [-0.39, 0.29) is 28.9 Å². The van der Waals surface area contributed by atoms with Crippen LogP contribution < -0.4 is 10.5 Å². The van der Waals surface area contributed by atoms with Gasteiger partial charge in [0.15, 0.2) is 0 Å². The second-order valence-electron chi connectivity index (χ2n) is 9.67. The van der Waals surface area contributed by atoms with Crippen LogP contribution in [0.2, 0.25) is 0 Å². The number of pyridine rings is 1. The topological polar surface area (TPSA) is 95.6 Å². The Morgan fingerprint density at radius 1 is 1.18 bits per heavy atom. The molecule has 0 aliphatic carbocycles. The largest absolute Gasteiger partial charge is 0.466 e. The van der Waals surface area contributed by atoms with E-state index < -0.39 is 0 Å². The third-order valence-electron chi connectivity index (χ3n) is 7.19. The Bertz CT molecular complexity index is 1430. The molecule has 2 aromatic rings. The van der Waals surface area contributed by atoms with Crippen molar-refractivity contribution in [2.24, 2.45) is 5.92 Å². The number of hydrogen-bond donors (Lipinski definition) is 0. The summed E-state index contributed by atoms with van der Waals surface area (Å²) in [6.07, 6.45) is 2.95. The number of nitriles is 1. The van der Waals surface area contributed by atoms with Crippen LogP contribution in [0.25, 0.3) is 6.08 Å². The highest BCUT2D eigenvalue weighted by Crippen LogP contribution is 2.37. The van der Waals surface area contributed by atoms with E-state index in [1.54, 1.807) is 29.4 Å². The van der Waals surface area contributed by atoms with Crippen LogP contribution in [-0.2, 0) is 27.4 Å². The molecule has 0 atom stereocenters. The third kappa shape index (κ3) is 5.80. The van der Waals surface area contributed by atoms with Crippen LogP contribution in [0.3, 0.4) is 0 Å². The predicted octanol–water partition coefficient (Wildman–Crippen LogP) is 4.54. The van der Waals surface area contributed by atoms with Gasteiger partial charge in [0, 0.05) is 25.2 Å². The lowest BCUT2D eigenvalue weighted by Crippen LogP contribution is -2.41. The van der Waals surface area contributed by atoms with Crippen molar-refractivity contribution in [3.8, 4) is 6.07 Å². The summed E-state index contributed by atoms with van der Waals surface area (Å²) < 4.78 is 7.27. The average Bonchev–Trinajstić information content (AvgIpc) is 3.19. The normalized spacial score (nSPS) is 17.2. The van der Waals surface area contributed by atoms with E-state index in [2.05, 4.69) is 11.0 Å². The van der Waals surface area contributed by atoms with Crippen molar-refractivity contribution < 1.29 is 14.3 Å². The molecule has 2 saturated heterocycles. The van der Waals surface area contributed by atoms with Crippen molar-refractivity contribution in [1.29, 1.82) is 5.26 Å². The molecule has 0 saturated carbocycles. The van der Waals surface area contributed by atoms with Crippen molar-refractivity contribution in [2.75, 3.05) is 24.6 Å². The minimum absolute atomic E-state index is 0.0587. The van der Waals surface area contributed by atoms with Crippen LogP contribution in [0, 0.1) is 31.1 Å². The maximum atomic E-state index is 13.5. The van der Waals surface area contributed by atoms with Crippen LogP contribution >= 0.6 is 24.0 Å². The number of piperidine rings is 1. The summed E-state index contributed by atoms with van der Waals surface area (Å²) in [6.45, 7) is 9.57. The van der Waals surface area contributed by atoms with Gasteiger partial charge >= 0.3 is 5.97 Å². The zero-order valence-corrected chi connectivity index (χ0v) is 24.3. The molecule has 0 bridgehead atoms. The van der Waals surface area contributed by atoms with Gasteiger partial charge in [-0.05, 0) is 57.7 Å². The molecule has 2 aliphatic rings. The molecule has 0 spiro atoms. The fourth-order valence-electron chi connectivity index (χ4n) is 5.01. The molecule has 0 radical (unpaired) electrons. The maximum Gasteiger partial charge on any atom is 0.309 e. The van der Waals surface area contributed by atoms with Gasteiger partial charge in [0.2, 0.25) is 0 Å². The van der Waals surface area contributed by atoms with Gasteiger partial charge < -0.3 is 9.64 Å². The van der Waals surface area contributed by atoms with Crippen molar-refractivity contribution in [3.63, 3.8) is 0 Å². The minimum Gasteiger partial charge on any atom is -0.466 e. The highest BCUT2D eigenvalue weighted by atomic mass is 32.2. The number of thiocarbonyl (C=S) groups is 1. The number of carbonyl (C=O) groups excluding carboxylic acids is 2. The molecule has 39 heavy (non-hydrogen) atoms. The SMILES string of the molecule is CCOC(=O)C1CCN(c2c(/C=C3/SC(=S)N(Cc4ccc(C)cc4)C3=O)c(C)c(C#N)c(=O)n2CC)CC1. The standard InChI is InChI=1S/C29H32N4O4S2/c1-5-32-25(31-13-11-21(12-14-31)28(36)37-6-2)22(19(4)23(16-30)26(32)34)15-24-27(35)33(29(38)39-24)17-20-9-7-18(3)8-10-20/h7-10,15,21H,5-6,11-14,17H2,1-4H3/b24-15+. The first-order valence-electron chi connectivity index (χ1n) is 13.1. The highest BCUT2D eigenvalue weighted by molar-refractivity contribution is 8.26. The summed E-state index contributed by atoms with van der Waals surface area (Å²) in [4.78, 5) is 43.2. The summed E-state index contributed by atoms with van der Waals surface area (Å²) in [5, 5.41) is 9.82. The molecule has 0 N–H and O–H groups in total. The van der Waals surface area contributed by atoms with Crippen molar-refractivity contribution >= 4 is 52.1 Å². The van der Waals surface area contributed by atoms with E-state index >= 15 is 0 Å². The molecule has 204 valence electrons. The number of esters is 1. The highest BCUT2D eigenvalue weighted by Gasteiger charge is 2.34. The Morgan fingerprint density at radius 3 is 2.44 bits per heavy atom. The number of amides is 1. The first-order valence-corrected chi connectivity index (χ1v) is 14.3. The third-order valence-corrected chi connectivity index (χ3v) is 8.57. The molecule has 10 heteroatoms. The number of aromatic nitrogens is 1. The number of hydrogen-bond acceptors (Lipinski definition) is 8. The monoisotopic (exact) mass is 564 g/mol. The molecule has 3 heterocycles. The molecule has 8 nitrogen and oxygen atoms in total. The molecule has 0 unspecified atom stereocenters. The zero-order valence-electron chi connectivity index (χ0n) is 22.7. The van der Waals surface area contributed by atoms with Crippen LogP contribution in [-0.4, -0.2) is 45.4 Å². The lowest BCUT2D eigenvalue weighted by molar-refractivity contribution is -0.148. The van der Waals surface area contributed by atoms with Crippen LogP contribution in [0.15, 0.2) is 34.0 Å². The zero-order chi connectivity index (χ0) is 28.3. The Morgan fingerprint density at radius 2 is 1.85 bits per heavy atom. The summed E-state index contributed by atoms with van der Waals surface area (Å²) in [5.74, 6) is 0.0669. The smallest absolute Gasteiger partial charge is 0.309 e. The van der Waals surface area contributed by atoms with Gasteiger partial charge in [0.05, 0.1) is 24.0 Å². The van der Waals surface area contributed by atoms with Gasteiger partial charge in [-0.25, -0.2) is 0 Å². The van der Waals surface area contributed by atoms with Gasteiger partial charge in [-0.1, -0.05) is 53.8 Å². The van der Waals surface area contributed by atoms with Crippen molar-refractivity contribution in [1.82, 2.24) is 9.47 Å². The van der Waals surface area contributed by atoms with Gasteiger partial charge in [-0.15, -0.1) is 0 Å². The molecule has 1 aromatic heterocycles. The van der Waals surface area contributed by atoms with E-state index in [1.807, 2.05) is 38.1 Å². The minimum atomic E-state index is -0.357. The molecular weight excluding hydrogens is 532 g/mol. The quantitative estimate of drug-likeness (QED) is 0.275. The predicted molar refractivity (Wildman–Crippen MR) is 157 cm³/mol. The maximum absolute atomic E-state index is 13.5. The number of benzene rings is 1. The number of carbonyl (C=O) groups is 2. The first-order chi connectivity index (χ1) is 18.7. The number of thioether (sulfide) groups is 1. The molecule has 2 fully saturated rings. The molecule has 2 aliphatic heterocycles. The number of rotatable bonds is 7. The van der Waals surface area contributed by atoms with Crippen molar-refractivity contribution in [2.45, 2.75) is 53.6 Å². The van der Waals surface area contributed by atoms with Gasteiger partial charge in [-0.2, -0.15) is 5.26 Å². The number of ether oxygens (including phenoxy) is 1. The summed E-state index contributed by atoms with van der Waals surface area (Å²) >= 11 is 6.79.